The lowest BCUT2D eigenvalue weighted by molar-refractivity contribution is -0.152. The fourth-order valence-electron chi connectivity index (χ4n) is 6.81. The van der Waals surface area contributed by atoms with E-state index in [4.69, 9.17) is 10.5 Å². The van der Waals surface area contributed by atoms with Gasteiger partial charge < -0.3 is 31.3 Å². The van der Waals surface area contributed by atoms with E-state index >= 15 is 0 Å². The number of hydrogen-bond acceptors (Lipinski definition) is 7. The van der Waals surface area contributed by atoms with Crippen LogP contribution in [0.25, 0.3) is 0 Å². The highest BCUT2D eigenvalue weighted by Gasteiger charge is 2.50. The fourth-order valence-corrected chi connectivity index (χ4v) is 6.81. The summed E-state index contributed by atoms with van der Waals surface area (Å²) < 4.78 is 5.64. The fraction of sp³-hybridized carbons (Fsp3) is 0.622. The second-order valence-corrected chi connectivity index (χ2v) is 15.7. The Hall–Kier alpha value is -4.22. The van der Waals surface area contributed by atoms with Crippen molar-refractivity contribution in [1.82, 2.24) is 20.9 Å². The number of nitrogens with zero attached hydrogens (tertiary/aromatic N) is 1. The first-order chi connectivity index (χ1) is 23.0. The molecule has 2 aliphatic carbocycles. The second kappa shape index (κ2) is 15.1. The largest absolute Gasteiger partial charge is 0.459 e. The number of nitrogens with two attached hydrogens (primary N) is 1. The molecule has 1 aromatic carbocycles. The summed E-state index contributed by atoms with van der Waals surface area (Å²) in [6.45, 7) is 13.6. The number of hydrogen-bond donors (Lipinski definition) is 4. The van der Waals surface area contributed by atoms with Crippen LogP contribution < -0.4 is 21.7 Å². The molecule has 2 saturated carbocycles. The summed E-state index contributed by atoms with van der Waals surface area (Å²) in [5.74, 6) is -3.49. The summed E-state index contributed by atoms with van der Waals surface area (Å²) in [4.78, 5) is 81.3. The molecule has 4 atom stereocenters. The molecule has 0 aromatic heterocycles. The molecule has 3 aliphatic rings. The van der Waals surface area contributed by atoms with E-state index in [1.807, 2.05) is 65.0 Å². The van der Waals surface area contributed by atoms with Crippen molar-refractivity contribution in [3.05, 3.63) is 48.6 Å². The molecule has 4 rings (SSSR count). The molecule has 1 unspecified atom stereocenters. The Bertz CT molecular complexity index is 1430. The third-order valence-corrected chi connectivity index (χ3v) is 10.4. The van der Waals surface area contributed by atoms with Crippen molar-refractivity contribution in [2.45, 2.75) is 116 Å². The topological polar surface area (TPSA) is 177 Å². The lowest BCUT2D eigenvalue weighted by Crippen LogP contribution is -2.63. The van der Waals surface area contributed by atoms with Crippen LogP contribution in [0.4, 0.5) is 4.79 Å². The van der Waals surface area contributed by atoms with Gasteiger partial charge in [-0.2, -0.15) is 0 Å². The number of nitrogens with one attached hydrogen (secondary N) is 3. The Balaban J connectivity index is 1.54. The van der Waals surface area contributed by atoms with E-state index in [-0.39, 0.29) is 31.4 Å². The molecule has 1 aromatic rings. The average Bonchev–Trinajstić information content (AvgIpc) is 3.53. The van der Waals surface area contributed by atoms with Gasteiger partial charge in [0.1, 0.15) is 24.2 Å². The highest BCUT2D eigenvalue weighted by atomic mass is 16.5. The molecular weight excluding hydrogens is 626 g/mol. The molecule has 5 amide bonds. The van der Waals surface area contributed by atoms with Crippen LogP contribution in [0.1, 0.15) is 91.5 Å². The number of Topliss-reactive ketones (excluding diaryl/α,β-unsaturated/α-hetero) is 1. The van der Waals surface area contributed by atoms with Gasteiger partial charge in [0.25, 0.3) is 5.91 Å². The second-order valence-electron chi connectivity index (χ2n) is 15.7. The monoisotopic (exact) mass is 679 g/mol. The van der Waals surface area contributed by atoms with Crippen LogP contribution in [-0.4, -0.2) is 70.6 Å². The van der Waals surface area contributed by atoms with E-state index in [9.17, 15) is 28.8 Å². The molecular formula is C37H53N5O7. The zero-order valence-electron chi connectivity index (χ0n) is 29.5. The molecule has 268 valence electrons. The van der Waals surface area contributed by atoms with E-state index in [0.717, 1.165) is 31.2 Å². The molecule has 5 N–H and O–H groups in total. The Morgan fingerprint density at radius 1 is 1.02 bits per heavy atom. The SMILES string of the molecule is C=CC(C)(C)[C@@H]1C[C@@H](C(=O)NC(CC2CC2)C(=O)C(N)=O)N(C(=O)[C@@H](NC(=O)NC2(C(=O)OCc3ccccc3)CCCC2)C(C)(C)C)C1. The van der Waals surface area contributed by atoms with Crippen LogP contribution in [0.3, 0.4) is 0 Å². The van der Waals surface area contributed by atoms with Crippen LogP contribution in [-0.2, 0) is 35.3 Å². The number of carbonyl (C=O) groups excluding carboxylic acids is 6. The minimum Gasteiger partial charge on any atom is -0.459 e. The van der Waals surface area contributed by atoms with E-state index < -0.39 is 70.0 Å². The van der Waals surface area contributed by atoms with Gasteiger partial charge in [0.2, 0.25) is 17.6 Å². The number of urea groups is 1. The van der Waals surface area contributed by atoms with Crippen LogP contribution in [0.15, 0.2) is 43.0 Å². The maximum Gasteiger partial charge on any atom is 0.332 e. The maximum absolute atomic E-state index is 14.5. The third kappa shape index (κ3) is 9.27. The first kappa shape index (κ1) is 37.6. The van der Waals surface area contributed by atoms with Crippen molar-refractivity contribution < 1.29 is 33.5 Å². The van der Waals surface area contributed by atoms with Gasteiger partial charge in [0.15, 0.2) is 0 Å². The van der Waals surface area contributed by atoms with Gasteiger partial charge in [-0.05, 0) is 53.9 Å². The molecule has 1 heterocycles. The molecule has 49 heavy (non-hydrogen) atoms. The Morgan fingerprint density at radius 2 is 1.65 bits per heavy atom. The third-order valence-electron chi connectivity index (χ3n) is 10.4. The number of likely N-dealkylation sites (tertiary alicyclic amines) is 1. The Morgan fingerprint density at radius 3 is 2.20 bits per heavy atom. The van der Waals surface area contributed by atoms with E-state index in [1.165, 1.54) is 4.90 Å². The van der Waals surface area contributed by atoms with Gasteiger partial charge in [-0.3, -0.25) is 19.2 Å². The van der Waals surface area contributed by atoms with Crippen molar-refractivity contribution in [2.75, 3.05) is 6.54 Å². The van der Waals surface area contributed by atoms with Crippen LogP contribution in [0.5, 0.6) is 0 Å². The molecule has 0 spiro atoms. The van der Waals surface area contributed by atoms with Crippen molar-refractivity contribution in [1.29, 1.82) is 0 Å². The lowest BCUT2D eigenvalue weighted by Gasteiger charge is -2.37. The summed E-state index contributed by atoms with van der Waals surface area (Å²) in [6.07, 6.45) is 6.44. The zero-order chi connectivity index (χ0) is 36.1. The molecule has 12 nitrogen and oxygen atoms in total. The van der Waals surface area contributed by atoms with Gasteiger partial charge in [-0.1, -0.05) is 96.7 Å². The number of primary amides is 1. The van der Waals surface area contributed by atoms with Crippen molar-refractivity contribution in [3.8, 4) is 0 Å². The molecule has 12 heteroatoms. The van der Waals surface area contributed by atoms with Gasteiger partial charge in [0, 0.05) is 6.54 Å². The molecule has 1 aliphatic heterocycles. The highest BCUT2D eigenvalue weighted by Crippen LogP contribution is 2.40. The van der Waals surface area contributed by atoms with Crippen LogP contribution in [0, 0.1) is 22.7 Å². The predicted molar refractivity (Wildman–Crippen MR) is 183 cm³/mol. The number of ketones is 1. The Kier molecular flexibility index (Phi) is 11.6. The van der Waals surface area contributed by atoms with Crippen LogP contribution >= 0.6 is 0 Å². The summed E-state index contributed by atoms with van der Waals surface area (Å²) in [7, 11) is 0. The summed E-state index contributed by atoms with van der Waals surface area (Å²) in [5.41, 5.74) is 3.66. The summed E-state index contributed by atoms with van der Waals surface area (Å²) in [5, 5.41) is 8.42. The first-order valence-corrected chi connectivity index (χ1v) is 17.4. The summed E-state index contributed by atoms with van der Waals surface area (Å²) in [6, 6.07) is 5.46. The van der Waals surface area contributed by atoms with Gasteiger partial charge in [0.05, 0.1) is 6.04 Å². The maximum atomic E-state index is 14.5. The normalized spacial score (nSPS) is 21.6. The van der Waals surface area contributed by atoms with Gasteiger partial charge >= 0.3 is 12.0 Å². The molecule has 0 radical (unpaired) electrons. The number of ether oxygens (including phenoxy) is 1. The Labute approximate surface area is 289 Å². The van der Waals surface area contributed by atoms with Crippen LogP contribution in [0.2, 0.25) is 0 Å². The number of amides is 5. The van der Waals surface area contributed by atoms with Crippen molar-refractivity contribution in [3.63, 3.8) is 0 Å². The van der Waals surface area contributed by atoms with Gasteiger partial charge in [-0.15, -0.1) is 6.58 Å². The lowest BCUT2D eigenvalue weighted by atomic mass is 9.77. The molecule has 1 saturated heterocycles. The number of allylic oxidation sites excluding steroid dienone is 1. The van der Waals surface area contributed by atoms with Gasteiger partial charge in [-0.25, -0.2) is 9.59 Å². The number of carbonyl (C=O) groups is 6. The molecule has 3 fully saturated rings. The van der Waals surface area contributed by atoms with E-state index in [1.54, 1.807) is 6.08 Å². The number of esters is 1. The predicted octanol–water partition coefficient (Wildman–Crippen LogP) is 3.53. The summed E-state index contributed by atoms with van der Waals surface area (Å²) >= 11 is 0. The highest BCUT2D eigenvalue weighted by molar-refractivity contribution is 6.37. The van der Waals surface area contributed by atoms with E-state index in [2.05, 4.69) is 22.5 Å². The van der Waals surface area contributed by atoms with Crippen molar-refractivity contribution >= 4 is 35.5 Å². The van der Waals surface area contributed by atoms with Crippen molar-refractivity contribution in [2.24, 2.45) is 28.4 Å². The zero-order valence-corrected chi connectivity index (χ0v) is 29.5. The smallest absolute Gasteiger partial charge is 0.332 e. The number of rotatable bonds is 14. The number of benzene rings is 1. The standard InChI is InChI=1S/C37H53N5O7/c1-7-36(5,6)25-20-27(31(45)39-26(19-23-15-16-23)28(43)30(38)44)42(21-25)32(46)29(35(2,3)4)40-34(48)41-37(17-11-12-18-37)33(47)49-22-24-13-9-8-10-14-24/h7-10,13-14,23,25-27,29H,1,11-12,15-22H2,2-6H3,(H2,38,44)(H,39,45)(H2,40,41,48)/t25-,26?,27+,29-/m1/s1. The minimum atomic E-state index is -1.23. The first-order valence-electron chi connectivity index (χ1n) is 17.4. The average molecular weight is 680 g/mol. The minimum absolute atomic E-state index is 0.0704. The molecule has 0 bridgehead atoms. The quantitative estimate of drug-likeness (QED) is 0.132. The van der Waals surface area contributed by atoms with E-state index in [0.29, 0.717) is 19.3 Å².